The van der Waals surface area contributed by atoms with Gasteiger partial charge in [0.25, 0.3) is 0 Å². The number of aliphatic hydroxyl groups excluding tert-OH is 2. The summed E-state index contributed by atoms with van der Waals surface area (Å²) in [5, 5.41) is 21.5. The quantitative estimate of drug-likeness (QED) is 0.733. The molecule has 2 nitrogen and oxygen atoms in total. The lowest BCUT2D eigenvalue weighted by atomic mass is 9.78. The second kappa shape index (κ2) is 7.67. The van der Waals surface area contributed by atoms with Crippen molar-refractivity contribution in [2.45, 2.75) is 64.6 Å². The predicted molar refractivity (Wildman–Crippen MR) is 100 cm³/mol. The van der Waals surface area contributed by atoms with E-state index in [2.05, 4.69) is 50.3 Å². The van der Waals surface area contributed by atoms with E-state index in [0.29, 0.717) is 0 Å². The second-order valence-electron chi connectivity index (χ2n) is 7.33. The summed E-state index contributed by atoms with van der Waals surface area (Å²) in [5.74, 6) is 0.426. The molecule has 2 aliphatic rings. The molecule has 1 aromatic carbocycles. The van der Waals surface area contributed by atoms with Gasteiger partial charge >= 0.3 is 0 Å². The van der Waals surface area contributed by atoms with E-state index in [1.165, 1.54) is 0 Å². The summed E-state index contributed by atoms with van der Waals surface area (Å²) in [7, 11) is 0. The Hall–Kier alpha value is -1.38. The Bertz CT molecular complexity index is 573. The van der Waals surface area contributed by atoms with Crippen LogP contribution in [0.15, 0.2) is 24.3 Å². The van der Waals surface area contributed by atoms with Crippen LogP contribution in [0.1, 0.15) is 86.8 Å². The number of aliphatic hydroxyl groups is 2. The minimum absolute atomic E-state index is 0.213. The zero-order valence-corrected chi connectivity index (χ0v) is 14.9. The van der Waals surface area contributed by atoms with Crippen LogP contribution in [0, 0.1) is 11.8 Å². The van der Waals surface area contributed by atoms with E-state index in [1.54, 1.807) is 0 Å². The van der Waals surface area contributed by atoms with Crippen molar-refractivity contribution < 1.29 is 10.2 Å². The number of hydrogen-bond acceptors (Lipinski definition) is 2. The minimum atomic E-state index is -0.426. The lowest BCUT2D eigenvalue weighted by Gasteiger charge is -2.30. The molecule has 0 spiro atoms. The number of hydrogen-bond donors (Lipinski definition) is 2. The molecule has 0 aliphatic heterocycles. The van der Waals surface area contributed by atoms with Crippen LogP contribution >= 0.6 is 0 Å². The summed E-state index contributed by atoms with van der Waals surface area (Å²) in [6.07, 6.45) is 14.4. The lowest BCUT2D eigenvalue weighted by Crippen LogP contribution is -2.19. The fourth-order valence-electron chi connectivity index (χ4n) is 3.98. The Balaban J connectivity index is 1.86. The van der Waals surface area contributed by atoms with E-state index in [0.717, 1.165) is 60.8 Å². The van der Waals surface area contributed by atoms with Gasteiger partial charge in [-0.15, -0.1) is 0 Å². The smallest absolute Gasteiger partial charge is 0.0858 e. The topological polar surface area (TPSA) is 40.5 Å². The molecule has 0 fully saturated rings. The first kappa shape index (κ1) is 17.4. The molecular formula is C22H30O2. The zero-order chi connectivity index (χ0) is 17.1. The van der Waals surface area contributed by atoms with E-state index in [4.69, 9.17) is 0 Å². The summed E-state index contributed by atoms with van der Waals surface area (Å²) in [6, 6.07) is 4.18. The van der Waals surface area contributed by atoms with Crippen molar-refractivity contribution >= 4 is 12.2 Å². The van der Waals surface area contributed by atoms with Gasteiger partial charge in [0.15, 0.2) is 0 Å². The lowest BCUT2D eigenvalue weighted by molar-refractivity contribution is 0.120. The fourth-order valence-corrected chi connectivity index (χ4v) is 3.98. The van der Waals surface area contributed by atoms with E-state index < -0.39 is 12.2 Å². The molecule has 0 heterocycles. The van der Waals surface area contributed by atoms with E-state index >= 15 is 0 Å². The van der Waals surface area contributed by atoms with Crippen LogP contribution < -0.4 is 0 Å². The molecule has 130 valence electrons. The van der Waals surface area contributed by atoms with E-state index in [1.807, 2.05) is 0 Å². The highest BCUT2D eigenvalue weighted by Crippen LogP contribution is 2.41. The van der Waals surface area contributed by atoms with Gasteiger partial charge in [-0.05, 0) is 47.2 Å². The molecule has 2 heteroatoms. The summed E-state index contributed by atoms with van der Waals surface area (Å²) in [6.45, 7) is 4.37. The Morgan fingerprint density at radius 1 is 0.750 bits per heavy atom. The average molecular weight is 326 g/mol. The summed E-state index contributed by atoms with van der Waals surface area (Å²) in [4.78, 5) is 0. The van der Waals surface area contributed by atoms with Gasteiger partial charge in [0, 0.05) is 11.8 Å². The minimum Gasteiger partial charge on any atom is -0.388 e. The van der Waals surface area contributed by atoms with Crippen molar-refractivity contribution in [2.24, 2.45) is 11.8 Å². The SMILES string of the molecule is CCCC[C@H]1C=Cc2cc3c(cc2[C@H]1O)C=C[C@@H](CCCC)[C@H]3O. The van der Waals surface area contributed by atoms with Gasteiger partial charge in [-0.1, -0.05) is 63.8 Å². The van der Waals surface area contributed by atoms with Crippen LogP contribution in [-0.4, -0.2) is 10.2 Å². The van der Waals surface area contributed by atoms with Crippen LogP contribution in [-0.2, 0) is 0 Å². The predicted octanol–water partition coefficient (Wildman–Crippen LogP) is 5.42. The van der Waals surface area contributed by atoms with E-state index in [9.17, 15) is 10.2 Å². The molecule has 0 aromatic heterocycles. The monoisotopic (exact) mass is 326 g/mol. The van der Waals surface area contributed by atoms with Crippen molar-refractivity contribution in [1.29, 1.82) is 0 Å². The molecule has 0 bridgehead atoms. The van der Waals surface area contributed by atoms with Crippen LogP contribution in [0.2, 0.25) is 0 Å². The Labute approximate surface area is 145 Å². The van der Waals surface area contributed by atoms with Crippen LogP contribution in [0.25, 0.3) is 12.2 Å². The van der Waals surface area contributed by atoms with Gasteiger partial charge < -0.3 is 10.2 Å². The highest BCUT2D eigenvalue weighted by atomic mass is 16.3. The third-order valence-electron chi connectivity index (χ3n) is 5.57. The molecule has 0 saturated carbocycles. The maximum Gasteiger partial charge on any atom is 0.0858 e. The van der Waals surface area contributed by atoms with Gasteiger partial charge in [0.1, 0.15) is 0 Å². The number of rotatable bonds is 6. The molecule has 24 heavy (non-hydrogen) atoms. The largest absolute Gasteiger partial charge is 0.388 e. The number of unbranched alkanes of at least 4 members (excludes halogenated alkanes) is 2. The molecular weight excluding hydrogens is 296 g/mol. The van der Waals surface area contributed by atoms with E-state index in [-0.39, 0.29) is 11.8 Å². The Morgan fingerprint density at radius 3 is 1.54 bits per heavy atom. The second-order valence-corrected chi connectivity index (χ2v) is 7.33. The molecule has 0 unspecified atom stereocenters. The maximum absolute atomic E-state index is 10.7. The van der Waals surface area contributed by atoms with Gasteiger partial charge in [0.05, 0.1) is 12.2 Å². The zero-order valence-electron chi connectivity index (χ0n) is 14.9. The van der Waals surface area contributed by atoms with Crippen LogP contribution in [0.4, 0.5) is 0 Å². The number of benzene rings is 1. The van der Waals surface area contributed by atoms with Gasteiger partial charge in [-0.2, -0.15) is 0 Å². The first-order valence-corrected chi connectivity index (χ1v) is 9.56. The van der Waals surface area contributed by atoms with Gasteiger partial charge in [-0.3, -0.25) is 0 Å². The highest BCUT2D eigenvalue weighted by Gasteiger charge is 2.29. The standard InChI is InChI=1S/C22H30O2/c1-3-5-7-15-9-11-17-14-20-18(13-19(17)21(15)23)12-10-16(22(20)24)8-6-4-2/h9-16,21-24H,3-8H2,1-2H3/t15-,16+,21-,22+. The summed E-state index contributed by atoms with van der Waals surface area (Å²) >= 11 is 0. The highest BCUT2D eigenvalue weighted by molar-refractivity contribution is 5.67. The first-order valence-electron chi connectivity index (χ1n) is 9.56. The van der Waals surface area contributed by atoms with Crippen molar-refractivity contribution in [1.82, 2.24) is 0 Å². The first-order chi connectivity index (χ1) is 11.7. The third-order valence-corrected chi connectivity index (χ3v) is 5.57. The third kappa shape index (κ3) is 3.36. The fraction of sp³-hybridized carbons (Fsp3) is 0.545. The number of fused-ring (bicyclic) bond motifs is 2. The molecule has 2 N–H and O–H groups in total. The van der Waals surface area contributed by atoms with Gasteiger partial charge in [0.2, 0.25) is 0 Å². The van der Waals surface area contributed by atoms with Crippen LogP contribution in [0.5, 0.6) is 0 Å². The molecule has 0 amide bonds. The molecule has 1 aromatic rings. The summed E-state index contributed by atoms with van der Waals surface area (Å²) < 4.78 is 0. The molecule has 0 saturated heterocycles. The molecule has 3 rings (SSSR count). The summed E-state index contributed by atoms with van der Waals surface area (Å²) in [5.41, 5.74) is 4.16. The van der Waals surface area contributed by atoms with Crippen LogP contribution in [0.3, 0.4) is 0 Å². The molecule has 2 aliphatic carbocycles. The maximum atomic E-state index is 10.7. The van der Waals surface area contributed by atoms with Gasteiger partial charge in [-0.25, -0.2) is 0 Å². The van der Waals surface area contributed by atoms with Crippen molar-refractivity contribution in [3.63, 3.8) is 0 Å². The van der Waals surface area contributed by atoms with Crippen molar-refractivity contribution in [3.05, 3.63) is 46.5 Å². The molecule has 4 atom stereocenters. The normalized spacial score (nSPS) is 27.8. The van der Waals surface area contributed by atoms with Crippen molar-refractivity contribution in [3.8, 4) is 0 Å². The molecule has 0 radical (unpaired) electrons. The average Bonchev–Trinajstić information content (AvgIpc) is 2.60. The van der Waals surface area contributed by atoms with Crippen molar-refractivity contribution in [2.75, 3.05) is 0 Å². The Kier molecular flexibility index (Phi) is 5.57. The Morgan fingerprint density at radius 2 is 1.17 bits per heavy atom.